The van der Waals surface area contributed by atoms with Gasteiger partial charge in [-0.3, -0.25) is 4.79 Å². The Kier molecular flexibility index (Phi) is 6.04. The third-order valence-electron chi connectivity index (χ3n) is 3.55. The predicted molar refractivity (Wildman–Crippen MR) is 94.1 cm³/mol. The number of hydrogen-bond donors (Lipinski definition) is 0. The van der Waals surface area contributed by atoms with E-state index < -0.39 is 5.82 Å². The zero-order valence-corrected chi connectivity index (χ0v) is 14.7. The van der Waals surface area contributed by atoms with Crippen molar-refractivity contribution in [3.05, 3.63) is 58.9 Å². The lowest BCUT2D eigenvalue weighted by atomic mass is 10.2. The van der Waals surface area contributed by atoms with E-state index in [4.69, 9.17) is 16.3 Å². The number of amides is 1. The van der Waals surface area contributed by atoms with Gasteiger partial charge in [-0.1, -0.05) is 23.7 Å². The summed E-state index contributed by atoms with van der Waals surface area (Å²) in [4.78, 5) is 15.7. The van der Waals surface area contributed by atoms with Gasteiger partial charge in [0.1, 0.15) is 11.6 Å². The van der Waals surface area contributed by atoms with Gasteiger partial charge in [-0.05, 0) is 29.8 Å². The summed E-state index contributed by atoms with van der Waals surface area (Å²) in [5, 5.41) is -0.0331. The molecule has 4 nitrogen and oxygen atoms in total. The molecule has 0 aliphatic heterocycles. The van der Waals surface area contributed by atoms with Crippen molar-refractivity contribution in [1.29, 1.82) is 0 Å². The molecule has 24 heavy (non-hydrogen) atoms. The highest BCUT2D eigenvalue weighted by Crippen LogP contribution is 2.21. The lowest BCUT2D eigenvalue weighted by Crippen LogP contribution is -2.30. The molecule has 0 aliphatic rings. The maximum Gasteiger partial charge on any atom is 0.260 e. The Morgan fingerprint density at radius 1 is 1.12 bits per heavy atom. The minimum absolute atomic E-state index is 0.0331. The molecule has 1 amide bonds. The summed E-state index contributed by atoms with van der Waals surface area (Å²) in [7, 11) is 5.66. The molecule has 0 unspecified atom stereocenters. The van der Waals surface area contributed by atoms with Crippen LogP contribution in [-0.4, -0.2) is 38.6 Å². The van der Waals surface area contributed by atoms with E-state index in [-0.39, 0.29) is 17.5 Å². The summed E-state index contributed by atoms with van der Waals surface area (Å²) in [6, 6.07) is 12.0. The fourth-order valence-electron chi connectivity index (χ4n) is 2.08. The molecule has 0 heterocycles. The normalized spacial score (nSPS) is 10.4. The summed E-state index contributed by atoms with van der Waals surface area (Å²) >= 11 is 5.68. The van der Waals surface area contributed by atoms with Crippen molar-refractivity contribution in [2.24, 2.45) is 0 Å². The summed E-state index contributed by atoms with van der Waals surface area (Å²) in [6.45, 7) is 0.355. The van der Waals surface area contributed by atoms with Crippen LogP contribution in [0.25, 0.3) is 0 Å². The number of benzene rings is 2. The molecule has 128 valence electrons. The van der Waals surface area contributed by atoms with Gasteiger partial charge in [-0.25, -0.2) is 4.39 Å². The number of hydrogen-bond acceptors (Lipinski definition) is 3. The number of nitrogens with zero attached hydrogens (tertiary/aromatic N) is 2. The first-order valence-corrected chi connectivity index (χ1v) is 7.82. The fraction of sp³-hybridized carbons (Fsp3) is 0.278. The van der Waals surface area contributed by atoms with E-state index in [1.807, 2.05) is 43.3 Å². The molecule has 0 radical (unpaired) electrons. The summed E-state index contributed by atoms with van der Waals surface area (Å²) in [5.74, 6) is -0.334. The average Bonchev–Trinajstić information content (AvgIpc) is 2.56. The SMILES string of the molecule is CN(Cc1ccc(N(C)C)cc1)C(=O)COc1ccc(F)c(Cl)c1. The molecule has 2 aromatic carbocycles. The van der Waals surface area contributed by atoms with Crippen LogP contribution in [0.5, 0.6) is 5.75 Å². The zero-order valence-electron chi connectivity index (χ0n) is 13.9. The summed E-state index contributed by atoms with van der Waals surface area (Å²) < 4.78 is 18.4. The predicted octanol–water partition coefficient (Wildman–Crippen LogP) is 3.58. The van der Waals surface area contributed by atoms with E-state index in [2.05, 4.69) is 0 Å². The molecule has 2 aromatic rings. The van der Waals surface area contributed by atoms with Gasteiger partial charge in [0.05, 0.1) is 5.02 Å². The minimum Gasteiger partial charge on any atom is -0.484 e. The number of carbonyl (C=O) groups is 1. The first-order valence-electron chi connectivity index (χ1n) is 7.45. The zero-order chi connectivity index (χ0) is 17.7. The van der Waals surface area contributed by atoms with Gasteiger partial charge in [0.15, 0.2) is 6.61 Å². The molecule has 0 fully saturated rings. The highest BCUT2D eigenvalue weighted by atomic mass is 35.5. The highest BCUT2D eigenvalue weighted by molar-refractivity contribution is 6.30. The van der Waals surface area contributed by atoms with Crippen LogP contribution in [-0.2, 0) is 11.3 Å². The number of rotatable bonds is 6. The first kappa shape index (κ1) is 18.1. The number of halogens is 2. The van der Waals surface area contributed by atoms with Crippen LogP contribution in [0.1, 0.15) is 5.56 Å². The van der Waals surface area contributed by atoms with Gasteiger partial charge < -0.3 is 14.5 Å². The topological polar surface area (TPSA) is 32.8 Å². The Labute approximate surface area is 146 Å². The van der Waals surface area contributed by atoms with Crippen molar-refractivity contribution >= 4 is 23.2 Å². The molecule has 0 saturated heterocycles. The fourth-order valence-corrected chi connectivity index (χ4v) is 2.25. The Bertz CT molecular complexity index is 705. The maximum atomic E-state index is 13.1. The van der Waals surface area contributed by atoms with Gasteiger partial charge in [-0.2, -0.15) is 0 Å². The van der Waals surface area contributed by atoms with Crippen molar-refractivity contribution in [1.82, 2.24) is 4.90 Å². The van der Waals surface area contributed by atoms with Crippen LogP contribution in [0.15, 0.2) is 42.5 Å². The third kappa shape index (κ3) is 4.86. The van der Waals surface area contributed by atoms with Crippen LogP contribution < -0.4 is 9.64 Å². The standard InChI is InChI=1S/C18H20ClFN2O2/c1-21(2)14-6-4-13(5-7-14)11-22(3)18(23)12-24-15-8-9-17(20)16(19)10-15/h4-10H,11-12H2,1-3H3. The molecule has 0 N–H and O–H groups in total. The molecule has 0 saturated carbocycles. The molecule has 0 atom stereocenters. The van der Waals surface area contributed by atoms with Crippen molar-refractivity contribution in [3.8, 4) is 5.75 Å². The Hall–Kier alpha value is -2.27. The van der Waals surface area contributed by atoms with Gasteiger partial charge in [0.25, 0.3) is 5.91 Å². The van der Waals surface area contributed by atoms with Crippen LogP contribution in [0.2, 0.25) is 5.02 Å². The van der Waals surface area contributed by atoms with E-state index >= 15 is 0 Å². The molecular formula is C18H20ClFN2O2. The first-order chi connectivity index (χ1) is 11.4. The summed E-state index contributed by atoms with van der Waals surface area (Å²) in [5.41, 5.74) is 2.13. The average molecular weight is 351 g/mol. The Morgan fingerprint density at radius 3 is 2.38 bits per heavy atom. The number of anilines is 1. The monoisotopic (exact) mass is 350 g/mol. The van der Waals surface area contributed by atoms with Crippen LogP contribution in [0, 0.1) is 5.82 Å². The molecule has 0 aromatic heterocycles. The summed E-state index contributed by atoms with van der Waals surface area (Å²) in [6.07, 6.45) is 0. The number of carbonyl (C=O) groups excluding carboxylic acids is 1. The van der Waals surface area contributed by atoms with Crippen molar-refractivity contribution in [2.45, 2.75) is 6.54 Å². The number of likely N-dealkylation sites (N-methyl/N-ethyl adjacent to an activating group) is 1. The van der Waals surface area contributed by atoms with Gasteiger partial charge >= 0.3 is 0 Å². The Balaban J connectivity index is 1.88. The van der Waals surface area contributed by atoms with Crippen LogP contribution >= 0.6 is 11.6 Å². The largest absolute Gasteiger partial charge is 0.484 e. The lowest BCUT2D eigenvalue weighted by molar-refractivity contribution is -0.132. The van der Waals surface area contributed by atoms with Crippen molar-refractivity contribution in [2.75, 3.05) is 32.6 Å². The van der Waals surface area contributed by atoms with E-state index in [0.717, 1.165) is 11.3 Å². The molecule has 0 aliphatic carbocycles. The van der Waals surface area contributed by atoms with Crippen molar-refractivity contribution in [3.63, 3.8) is 0 Å². The quantitative estimate of drug-likeness (QED) is 0.798. The van der Waals surface area contributed by atoms with E-state index in [1.165, 1.54) is 18.2 Å². The molecule has 0 bridgehead atoms. The van der Waals surface area contributed by atoms with Crippen molar-refractivity contribution < 1.29 is 13.9 Å². The number of ether oxygens (including phenoxy) is 1. The molecule has 6 heteroatoms. The van der Waals surface area contributed by atoms with E-state index in [1.54, 1.807) is 11.9 Å². The second-order valence-corrected chi connectivity index (χ2v) is 6.08. The van der Waals surface area contributed by atoms with Gasteiger partial charge in [0, 0.05) is 39.4 Å². The van der Waals surface area contributed by atoms with Crippen LogP contribution in [0.3, 0.4) is 0 Å². The van der Waals surface area contributed by atoms with Gasteiger partial charge in [0.2, 0.25) is 0 Å². The molecule has 0 spiro atoms. The van der Waals surface area contributed by atoms with E-state index in [9.17, 15) is 9.18 Å². The second-order valence-electron chi connectivity index (χ2n) is 5.68. The van der Waals surface area contributed by atoms with Gasteiger partial charge in [-0.15, -0.1) is 0 Å². The van der Waals surface area contributed by atoms with E-state index in [0.29, 0.717) is 12.3 Å². The highest BCUT2D eigenvalue weighted by Gasteiger charge is 2.11. The smallest absolute Gasteiger partial charge is 0.260 e. The molecular weight excluding hydrogens is 331 g/mol. The maximum absolute atomic E-state index is 13.1. The minimum atomic E-state index is -0.520. The molecule has 2 rings (SSSR count). The Morgan fingerprint density at radius 2 is 1.79 bits per heavy atom. The van der Waals surface area contributed by atoms with Crippen LogP contribution in [0.4, 0.5) is 10.1 Å². The second kappa shape index (κ2) is 8.02. The third-order valence-corrected chi connectivity index (χ3v) is 3.84. The lowest BCUT2D eigenvalue weighted by Gasteiger charge is -2.18.